The van der Waals surface area contributed by atoms with Crippen LogP contribution in [0.4, 0.5) is 5.69 Å². The molecule has 0 aliphatic carbocycles. The van der Waals surface area contributed by atoms with Crippen LogP contribution in [0.25, 0.3) is 0 Å². The maximum Gasteiger partial charge on any atom is 0.277 e. The van der Waals surface area contributed by atoms with E-state index >= 15 is 0 Å². The lowest BCUT2D eigenvalue weighted by Crippen LogP contribution is -2.26. The molecule has 2 aromatic rings. The van der Waals surface area contributed by atoms with E-state index < -0.39 is 5.91 Å². The summed E-state index contributed by atoms with van der Waals surface area (Å²) in [5, 5.41) is 7.53. The molecule has 2 rings (SSSR count). The van der Waals surface area contributed by atoms with Crippen LogP contribution in [-0.4, -0.2) is 38.4 Å². The molecule has 10 heteroatoms. The minimum absolute atomic E-state index is 0.0492. The number of nitrogens with zero attached hydrogens (tertiary/aromatic N) is 1. The van der Waals surface area contributed by atoms with Crippen molar-refractivity contribution < 1.29 is 23.8 Å². The van der Waals surface area contributed by atoms with E-state index in [0.29, 0.717) is 38.7 Å². The Hall–Kier alpha value is -2.97. The Kier molecular flexibility index (Phi) is 8.76. The molecule has 8 nitrogen and oxygen atoms in total. The van der Waals surface area contributed by atoms with Crippen LogP contribution in [0.1, 0.15) is 13.3 Å². The standard InChI is InChI=1S/C20H21Cl2N3O5/c1-12(24-25-20(27)11-30-14-6-4-13(21)5-7-14)8-19(26)23-16-10-17(28-2)15(22)9-18(16)29-3/h4-7,9-10H,8,11H2,1-3H3,(H,23,26)(H,25,27). The average Bonchev–Trinajstić information content (AvgIpc) is 2.72. The summed E-state index contributed by atoms with van der Waals surface area (Å²) < 4.78 is 15.7. The Morgan fingerprint density at radius 3 is 2.30 bits per heavy atom. The maximum absolute atomic E-state index is 12.3. The molecule has 2 amide bonds. The summed E-state index contributed by atoms with van der Waals surface area (Å²) in [6, 6.07) is 9.70. The first-order chi connectivity index (χ1) is 14.3. The van der Waals surface area contributed by atoms with Gasteiger partial charge in [-0.25, -0.2) is 5.43 Å². The topological polar surface area (TPSA) is 98.2 Å². The monoisotopic (exact) mass is 453 g/mol. The lowest BCUT2D eigenvalue weighted by atomic mass is 10.2. The summed E-state index contributed by atoms with van der Waals surface area (Å²) >= 11 is 11.8. The van der Waals surface area contributed by atoms with Gasteiger partial charge in [0, 0.05) is 22.9 Å². The van der Waals surface area contributed by atoms with Gasteiger partial charge in [0.15, 0.2) is 6.61 Å². The SMILES string of the molecule is COc1cc(NC(=O)CC(C)=NNC(=O)COc2ccc(Cl)cc2)c(OC)cc1Cl. The number of hydrazone groups is 1. The number of hydrogen-bond acceptors (Lipinski definition) is 6. The van der Waals surface area contributed by atoms with Crippen molar-refractivity contribution in [1.29, 1.82) is 0 Å². The molecule has 0 atom stereocenters. The molecule has 0 radical (unpaired) electrons. The molecule has 0 fully saturated rings. The minimum Gasteiger partial charge on any atom is -0.495 e. The highest BCUT2D eigenvalue weighted by Gasteiger charge is 2.13. The number of hydrogen-bond donors (Lipinski definition) is 2. The van der Waals surface area contributed by atoms with Crippen molar-refractivity contribution in [2.45, 2.75) is 13.3 Å². The zero-order valence-electron chi connectivity index (χ0n) is 16.6. The zero-order valence-corrected chi connectivity index (χ0v) is 18.1. The molecule has 0 saturated carbocycles. The molecular formula is C20H21Cl2N3O5. The third-order valence-electron chi connectivity index (χ3n) is 3.72. The summed E-state index contributed by atoms with van der Waals surface area (Å²) in [7, 11) is 2.93. The van der Waals surface area contributed by atoms with Gasteiger partial charge in [0.2, 0.25) is 5.91 Å². The molecule has 0 bridgehead atoms. The first kappa shape index (κ1) is 23.3. The number of nitrogens with one attached hydrogen (secondary N) is 2. The van der Waals surface area contributed by atoms with Crippen LogP contribution in [0.5, 0.6) is 17.2 Å². The molecule has 2 aromatic carbocycles. The molecule has 0 unspecified atom stereocenters. The number of rotatable bonds is 9. The van der Waals surface area contributed by atoms with Gasteiger partial charge in [-0.05, 0) is 31.2 Å². The molecule has 0 aliphatic rings. The average molecular weight is 454 g/mol. The normalized spacial score (nSPS) is 10.9. The molecule has 0 spiro atoms. The molecule has 160 valence electrons. The highest BCUT2D eigenvalue weighted by atomic mass is 35.5. The second-order valence-electron chi connectivity index (χ2n) is 6.04. The third kappa shape index (κ3) is 7.13. The smallest absolute Gasteiger partial charge is 0.277 e. The predicted octanol–water partition coefficient (Wildman–Crippen LogP) is 3.91. The zero-order chi connectivity index (χ0) is 22.1. The van der Waals surface area contributed by atoms with Crippen LogP contribution >= 0.6 is 23.2 Å². The highest BCUT2D eigenvalue weighted by Crippen LogP contribution is 2.35. The highest BCUT2D eigenvalue weighted by molar-refractivity contribution is 6.32. The molecule has 0 aromatic heterocycles. The van der Waals surface area contributed by atoms with Crippen LogP contribution in [0.15, 0.2) is 41.5 Å². The van der Waals surface area contributed by atoms with Gasteiger partial charge in [-0.1, -0.05) is 23.2 Å². The van der Waals surface area contributed by atoms with E-state index in [1.54, 1.807) is 37.3 Å². The number of halogens is 2. The van der Waals surface area contributed by atoms with Gasteiger partial charge in [0.05, 0.1) is 31.4 Å². The van der Waals surface area contributed by atoms with Crippen LogP contribution in [-0.2, 0) is 9.59 Å². The van der Waals surface area contributed by atoms with E-state index in [2.05, 4.69) is 15.8 Å². The second-order valence-corrected chi connectivity index (χ2v) is 6.88. The van der Waals surface area contributed by atoms with Crippen LogP contribution in [0, 0.1) is 0 Å². The van der Waals surface area contributed by atoms with Gasteiger partial charge in [-0.3, -0.25) is 9.59 Å². The fourth-order valence-corrected chi connectivity index (χ4v) is 2.65. The molecule has 0 aliphatic heterocycles. The summed E-state index contributed by atoms with van der Waals surface area (Å²) in [5.41, 5.74) is 3.13. The van der Waals surface area contributed by atoms with Gasteiger partial charge in [0.1, 0.15) is 17.2 Å². The fourth-order valence-electron chi connectivity index (χ4n) is 2.29. The summed E-state index contributed by atoms with van der Waals surface area (Å²) in [4.78, 5) is 24.1. The quantitative estimate of drug-likeness (QED) is 0.442. The van der Waals surface area contributed by atoms with Crippen LogP contribution < -0.4 is 25.0 Å². The van der Waals surface area contributed by atoms with Gasteiger partial charge in [0.25, 0.3) is 5.91 Å². The van der Waals surface area contributed by atoms with Crippen molar-refractivity contribution in [2.75, 3.05) is 26.1 Å². The Morgan fingerprint density at radius 2 is 1.67 bits per heavy atom. The molecule has 0 saturated heterocycles. The van der Waals surface area contributed by atoms with Crippen molar-refractivity contribution >= 4 is 46.4 Å². The number of amides is 2. The number of carbonyl (C=O) groups is 2. The lowest BCUT2D eigenvalue weighted by Gasteiger charge is -2.13. The first-order valence-corrected chi connectivity index (χ1v) is 9.49. The first-order valence-electron chi connectivity index (χ1n) is 8.74. The summed E-state index contributed by atoms with van der Waals surface area (Å²) in [6.45, 7) is 1.38. The Morgan fingerprint density at radius 1 is 1.00 bits per heavy atom. The number of carbonyl (C=O) groups excluding carboxylic acids is 2. The van der Waals surface area contributed by atoms with E-state index in [-0.39, 0.29) is 18.9 Å². The van der Waals surface area contributed by atoms with Crippen molar-refractivity contribution in [3.8, 4) is 17.2 Å². The molecule has 30 heavy (non-hydrogen) atoms. The maximum atomic E-state index is 12.3. The van der Waals surface area contributed by atoms with E-state index in [4.69, 9.17) is 37.4 Å². The Bertz CT molecular complexity index is 933. The van der Waals surface area contributed by atoms with Crippen LogP contribution in [0.2, 0.25) is 10.0 Å². The Labute approximate surface area is 184 Å². The number of methoxy groups -OCH3 is 2. The van der Waals surface area contributed by atoms with Gasteiger partial charge in [-0.2, -0.15) is 5.10 Å². The summed E-state index contributed by atoms with van der Waals surface area (Å²) in [6.07, 6.45) is -0.0492. The molecule has 2 N–H and O–H groups in total. The Balaban J connectivity index is 1.86. The van der Waals surface area contributed by atoms with Gasteiger partial charge >= 0.3 is 0 Å². The van der Waals surface area contributed by atoms with Crippen molar-refractivity contribution in [1.82, 2.24) is 5.43 Å². The number of ether oxygens (including phenoxy) is 3. The molecule has 0 heterocycles. The number of benzene rings is 2. The van der Waals surface area contributed by atoms with E-state index in [9.17, 15) is 9.59 Å². The van der Waals surface area contributed by atoms with E-state index in [1.807, 2.05) is 0 Å². The summed E-state index contributed by atoms with van der Waals surface area (Å²) in [5.74, 6) is 0.462. The van der Waals surface area contributed by atoms with Crippen molar-refractivity contribution in [2.24, 2.45) is 5.10 Å². The lowest BCUT2D eigenvalue weighted by molar-refractivity contribution is -0.123. The largest absolute Gasteiger partial charge is 0.495 e. The fraction of sp³-hybridized carbons (Fsp3) is 0.250. The predicted molar refractivity (Wildman–Crippen MR) is 116 cm³/mol. The third-order valence-corrected chi connectivity index (χ3v) is 4.27. The van der Waals surface area contributed by atoms with E-state index in [0.717, 1.165) is 0 Å². The van der Waals surface area contributed by atoms with Crippen molar-refractivity contribution in [3.63, 3.8) is 0 Å². The van der Waals surface area contributed by atoms with E-state index in [1.165, 1.54) is 20.3 Å². The molecular weight excluding hydrogens is 433 g/mol. The van der Waals surface area contributed by atoms with Gasteiger partial charge < -0.3 is 19.5 Å². The second kappa shape index (κ2) is 11.3. The van der Waals surface area contributed by atoms with Crippen LogP contribution in [0.3, 0.4) is 0 Å². The van der Waals surface area contributed by atoms with Crippen molar-refractivity contribution in [3.05, 3.63) is 46.4 Å². The van der Waals surface area contributed by atoms with Gasteiger partial charge in [-0.15, -0.1) is 0 Å². The minimum atomic E-state index is -0.464. The number of anilines is 1.